The number of aryl methyl sites for hydroxylation is 1. The van der Waals surface area contributed by atoms with Crippen LogP contribution in [0.3, 0.4) is 0 Å². The van der Waals surface area contributed by atoms with E-state index in [4.69, 9.17) is 9.15 Å². The number of furan rings is 1. The Balaban J connectivity index is 1.72. The quantitative estimate of drug-likeness (QED) is 0.556. The van der Waals surface area contributed by atoms with Crippen LogP contribution in [0.25, 0.3) is 11.0 Å². The third-order valence-corrected chi connectivity index (χ3v) is 4.50. The van der Waals surface area contributed by atoms with Crippen LogP contribution in [0, 0.1) is 6.92 Å². The standard InChI is InChI=1S/C20H22BNO5/c1-13-7-8-14(18(9-13)26-2)11-20(23)22-19(21(24)25)10-15-12-27-17-6-4-3-5-16(15)17/h3-9,12,19,24-25H,10-11H2,1-2H3,(H,22,23)/t19-/m0/s1. The summed E-state index contributed by atoms with van der Waals surface area (Å²) in [6.07, 6.45) is 1.90. The molecule has 0 bridgehead atoms. The number of benzene rings is 2. The Hall–Kier alpha value is -2.77. The molecule has 6 nitrogen and oxygen atoms in total. The van der Waals surface area contributed by atoms with E-state index in [0.717, 1.165) is 27.7 Å². The van der Waals surface area contributed by atoms with Crippen LogP contribution in [0.1, 0.15) is 16.7 Å². The van der Waals surface area contributed by atoms with E-state index in [1.807, 2.05) is 49.4 Å². The Morgan fingerprint density at radius 3 is 2.74 bits per heavy atom. The van der Waals surface area contributed by atoms with Crippen LogP contribution >= 0.6 is 0 Å². The zero-order valence-corrected chi connectivity index (χ0v) is 15.3. The maximum Gasteiger partial charge on any atom is 0.475 e. The smallest absolute Gasteiger partial charge is 0.475 e. The molecule has 27 heavy (non-hydrogen) atoms. The molecule has 1 heterocycles. The summed E-state index contributed by atoms with van der Waals surface area (Å²) in [4.78, 5) is 12.5. The van der Waals surface area contributed by atoms with E-state index in [2.05, 4.69) is 5.32 Å². The van der Waals surface area contributed by atoms with Crippen molar-refractivity contribution in [1.29, 1.82) is 0 Å². The van der Waals surface area contributed by atoms with Gasteiger partial charge in [-0.1, -0.05) is 30.3 Å². The van der Waals surface area contributed by atoms with Gasteiger partial charge in [0.25, 0.3) is 0 Å². The van der Waals surface area contributed by atoms with Crippen LogP contribution in [0.5, 0.6) is 5.75 Å². The Morgan fingerprint density at radius 2 is 2.00 bits per heavy atom. The van der Waals surface area contributed by atoms with Crippen molar-refractivity contribution in [3.05, 3.63) is 65.4 Å². The highest BCUT2D eigenvalue weighted by Crippen LogP contribution is 2.23. The fourth-order valence-corrected chi connectivity index (χ4v) is 3.09. The summed E-state index contributed by atoms with van der Waals surface area (Å²) in [7, 11) is -0.136. The summed E-state index contributed by atoms with van der Waals surface area (Å²) in [5, 5.41) is 23.0. The van der Waals surface area contributed by atoms with Gasteiger partial charge in [0, 0.05) is 10.9 Å². The van der Waals surface area contributed by atoms with E-state index < -0.39 is 13.1 Å². The molecule has 0 aliphatic rings. The maximum absolute atomic E-state index is 12.5. The molecule has 0 radical (unpaired) electrons. The minimum absolute atomic E-state index is 0.0822. The molecule has 0 aliphatic heterocycles. The third kappa shape index (κ3) is 4.50. The van der Waals surface area contributed by atoms with Gasteiger partial charge in [-0.3, -0.25) is 4.79 Å². The van der Waals surface area contributed by atoms with Gasteiger partial charge < -0.3 is 24.5 Å². The lowest BCUT2D eigenvalue weighted by Gasteiger charge is -2.18. The lowest BCUT2D eigenvalue weighted by Crippen LogP contribution is -2.48. The van der Waals surface area contributed by atoms with Gasteiger partial charge >= 0.3 is 7.12 Å². The van der Waals surface area contributed by atoms with Crippen molar-refractivity contribution in [3.63, 3.8) is 0 Å². The molecule has 2 aromatic carbocycles. The molecule has 3 aromatic rings. The molecule has 3 N–H and O–H groups in total. The lowest BCUT2D eigenvalue weighted by molar-refractivity contribution is -0.120. The van der Waals surface area contributed by atoms with E-state index in [1.54, 1.807) is 13.4 Å². The highest BCUT2D eigenvalue weighted by atomic mass is 16.5. The topological polar surface area (TPSA) is 91.9 Å². The van der Waals surface area contributed by atoms with Gasteiger partial charge in [0.15, 0.2) is 0 Å². The number of methoxy groups -OCH3 is 1. The largest absolute Gasteiger partial charge is 0.496 e. The normalized spacial score (nSPS) is 12.0. The van der Waals surface area contributed by atoms with E-state index >= 15 is 0 Å². The van der Waals surface area contributed by atoms with Crippen molar-refractivity contribution in [2.45, 2.75) is 25.7 Å². The molecule has 0 aliphatic carbocycles. The molecule has 0 unspecified atom stereocenters. The second-order valence-electron chi connectivity index (χ2n) is 6.54. The van der Waals surface area contributed by atoms with E-state index in [-0.39, 0.29) is 18.7 Å². The van der Waals surface area contributed by atoms with Crippen LogP contribution in [-0.4, -0.2) is 36.1 Å². The average molecular weight is 367 g/mol. The summed E-state index contributed by atoms with van der Waals surface area (Å²) in [5.41, 5.74) is 3.29. The molecule has 1 atom stereocenters. The van der Waals surface area contributed by atoms with Gasteiger partial charge in [0.1, 0.15) is 11.3 Å². The summed E-state index contributed by atoms with van der Waals surface area (Å²) >= 11 is 0. The number of rotatable bonds is 7. The molecule has 7 heteroatoms. The molecule has 1 aromatic heterocycles. The second-order valence-corrected chi connectivity index (χ2v) is 6.54. The summed E-state index contributed by atoms with van der Waals surface area (Å²) in [6.45, 7) is 1.94. The van der Waals surface area contributed by atoms with E-state index in [9.17, 15) is 14.8 Å². The number of amides is 1. The molecule has 1 amide bonds. The van der Waals surface area contributed by atoms with E-state index in [1.165, 1.54) is 0 Å². The molecule has 3 rings (SSSR count). The minimum atomic E-state index is -1.69. The number of fused-ring (bicyclic) bond motifs is 1. The number of carbonyl (C=O) groups is 1. The highest BCUT2D eigenvalue weighted by molar-refractivity contribution is 6.43. The highest BCUT2D eigenvalue weighted by Gasteiger charge is 2.27. The van der Waals surface area contributed by atoms with Crippen molar-refractivity contribution in [3.8, 4) is 5.75 Å². The van der Waals surface area contributed by atoms with Crippen LogP contribution in [0.4, 0.5) is 0 Å². The number of nitrogens with one attached hydrogen (secondary N) is 1. The Labute approximate surface area is 157 Å². The first-order valence-electron chi connectivity index (χ1n) is 8.72. The first-order valence-corrected chi connectivity index (χ1v) is 8.72. The van der Waals surface area contributed by atoms with Gasteiger partial charge in [-0.05, 0) is 36.6 Å². The van der Waals surface area contributed by atoms with Crippen LogP contribution in [0.15, 0.2) is 53.1 Å². The van der Waals surface area contributed by atoms with Crippen LogP contribution in [-0.2, 0) is 17.6 Å². The number of hydrogen-bond acceptors (Lipinski definition) is 5. The van der Waals surface area contributed by atoms with Crippen LogP contribution < -0.4 is 10.1 Å². The zero-order chi connectivity index (χ0) is 19.4. The van der Waals surface area contributed by atoms with Gasteiger partial charge in [-0.15, -0.1) is 0 Å². The lowest BCUT2D eigenvalue weighted by atomic mass is 9.75. The van der Waals surface area contributed by atoms with Gasteiger partial charge in [0.05, 0.1) is 25.7 Å². The molecule has 0 spiro atoms. The predicted octanol–water partition coefficient (Wildman–Crippen LogP) is 2.03. The zero-order valence-electron chi connectivity index (χ0n) is 15.3. The fraction of sp³-hybridized carbons (Fsp3) is 0.250. The molecule has 0 saturated heterocycles. The van der Waals surface area contributed by atoms with Crippen LogP contribution in [0.2, 0.25) is 0 Å². The summed E-state index contributed by atoms with van der Waals surface area (Å²) in [6, 6.07) is 13.1. The Kier molecular flexibility index (Phi) is 5.83. The van der Waals surface area contributed by atoms with Crippen molar-refractivity contribution in [2.75, 3.05) is 7.11 Å². The van der Waals surface area contributed by atoms with Gasteiger partial charge in [-0.2, -0.15) is 0 Å². The van der Waals surface area contributed by atoms with E-state index in [0.29, 0.717) is 5.75 Å². The molecular weight excluding hydrogens is 345 g/mol. The fourth-order valence-electron chi connectivity index (χ4n) is 3.09. The molecule has 140 valence electrons. The number of ether oxygens (including phenoxy) is 1. The first-order chi connectivity index (χ1) is 13.0. The Bertz CT molecular complexity index is 937. The average Bonchev–Trinajstić information content (AvgIpc) is 3.05. The monoisotopic (exact) mass is 367 g/mol. The number of para-hydroxylation sites is 1. The minimum Gasteiger partial charge on any atom is -0.496 e. The third-order valence-electron chi connectivity index (χ3n) is 4.50. The maximum atomic E-state index is 12.5. The molecular formula is C20H22BNO5. The Morgan fingerprint density at radius 1 is 1.22 bits per heavy atom. The number of hydrogen-bond donors (Lipinski definition) is 3. The number of carbonyl (C=O) groups excluding carboxylic acids is 1. The summed E-state index contributed by atoms with van der Waals surface area (Å²) < 4.78 is 10.8. The predicted molar refractivity (Wildman–Crippen MR) is 103 cm³/mol. The van der Waals surface area contributed by atoms with Crippen molar-refractivity contribution < 1.29 is 24.0 Å². The molecule has 0 fully saturated rings. The van der Waals surface area contributed by atoms with Gasteiger partial charge in [0.2, 0.25) is 5.91 Å². The van der Waals surface area contributed by atoms with Crippen molar-refractivity contribution in [1.82, 2.24) is 5.32 Å². The second kappa shape index (κ2) is 8.29. The first kappa shape index (κ1) is 19.0. The summed E-state index contributed by atoms with van der Waals surface area (Å²) in [5.74, 6) is -0.537. The van der Waals surface area contributed by atoms with Crippen molar-refractivity contribution in [2.24, 2.45) is 0 Å². The van der Waals surface area contributed by atoms with Crippen molar-refractivity contribution >= 4 is 24.0 Å². The van der Waals surface area contributed by atoms with Gasteiger partial charge in [-0.25, -0.2) is 0 Å². The molecule has 0 saturated carbocycles. The SMILES string of the molecule is COc1cc(C)ccc1CC(=O)N[C@@H](Cc1coc2ccccc12)B(O)O.